The first-order valence-corrected chi connectivity index (χ1v) is 5.88. The lowest BCUT2D eigenvalue weighted by atomic mass is 10.2. The molecule has 1 aromatic carbocycles. The molecular formula is C9H12N2O4S. The van der Waals surface area contributed by atoms with Gasteiger partial charge in [0.25, 0.3) is 5.69 Å². The number of rotatable bonds is 3. The molecule has 1 rings (SSSR count). The second kappa shape index (κ2) is 4.18. The predicted octanol–water partition coefficient (Wildman–Crippen LogP) is 1.15. The lowest BCUT2D eigenvalue weighted by Gasteiger charge is -2.11. The number of benzene rings is 1. The fourth-order valence-corrected chi connectivity index (χ4v) is 2.31. The van der Waals surface area contributed by atoms with E-state index in [0.29, 0.717) is 5.56 Å². The third kappa shape index (κ3) is 2.20. The molecule has 0 amide bonds. The summed E-state index contributed by atoms with van der Waals surface area (Å²) < 4.78 is 24.6. The molecule has 0 spiro atoms. The van der Waals surface area contributed by atoms with Gasteiger partial charge < -0.3 is 0 Å². The van der Waals surface area contributed by atoms with Crippen molar-refractivity contribution in [1.82, 2.24) is 4.31 Å². The second-order valence-electron chi connectivity index (χ2n) is 3.52. The average molecular weight is 244 g/mol. The van der Waals surface area contributed by atoms with Crippen LogP contribution in [0.4, 0.5) is 5.69 Å². The topological polar surface area (TPSA) is 80.5 Å². The van der Waals surface area contributed by atoms with E-state index in [0.717, 1.165) is 4.31 Å². The Morgan fingerprint density at radius 2 is 1.88 bits per heavy atom. The standard InChI is InChI=1S/C9H12N2O4S/c1-7-4-5-8(11(12)13)9(6-7)16(14,15)10(2)3/h4-6H,1-3H3. The first-order valence-electron chi connectivity index (χ1n) is 4.44. The van der Waals surface area contributed by atoms with Gasteiger partial charge in [0, 0.05) is 20.2 Å². The van der Waals surface area contributed by atoms with Crippen molar-refractivity contribution in [3.05, 3.63) is 33.9 Å². The van der Waals surface area contributed by atoms with Crippen LogP contribution >= 0.6 is 0 Å². The number of sulfonamides is 1. The van der Waals surface area contributed by atoms with Gasteiger partial charge in [0.15, 0.2) is 4.90 Å². The highest BCUT2D eigenvalue weighted by Gasteiger charge is 2.27. The van der Waals surface area contributed by atoms with Crippen LogP contribution in [0.3, 0.4) is 0 Å². The summed E-state index contributed by atoms with van der Waals surface area (Å²) in [6.45, 7) is 1.68. The second-order valence-corrected chi connectivity index (χ2v) is 5.64. The molecule has 0 saturated heterocycles. The highest BCUT2D eigenvalue weighted by Crippen LogP contribution is 2.26. The van der Waals surface area contributed by atoms with Crippen molar-refractivity contribution in [2.45, 2.75) is 11.8 Å². The summed E-state index contributed by atoms with van der Waals surface area (Å²) in [5.74, 6) is 0. The van der Waals surface area contributed by atoms with Crippen LogP contribution in [0.2, 0.25) is 0 Å². The fraction of sp³-hybridized carbons (Fsp3) is 0.333. The minimum atomic E-state index is -3.78. The molecule has 0 aliphatic carbocycles. The highest BCUT2D eigenvalue weighted by atomic mass is 32.2. The zero-order chi connectivity index (χ0) is 12.5. The van der Waals surface area contributed by atoms with E-state index in [4.69, 9.17) is 0 Å². The van der Waals surface area contributed by atoms with Gasteiger partial charge in [0.05, 0.1) is 4.92 Å². The molecule has 0 bridgehead atoms. The number of aryl methyl sites for hydroxylation is 1. The van der Waals surface area contributed by atoms with E-state index >= 15 is 0 Å². The summed E-state index contributed by atoms with van der Waals surface area (Å²) >= 11 is 0. The molecule has 6 nitrogen and oxygen atoms in total. The molecule has 7 heteroatoms. The maximum absolute atomic E-state index is 11.8. The van der Waals surface area contributed by atoms with Crippen molar-refractivity contribution in [2.24, 2.45) is 0 Å². The summed E-state index contributed by atoms with van der Waals surface area (Å²) in [5.41, 5.74) is 0.255. The normalized spacial score (nSPS) is 11.8. The quantitative estimate of drug-likeness (QED) is 0.590. The minimum Gasteiger partial charge on any atom is -0.258 e. The molecule has 0 atom stereocenters. The van der Waals surface area contributed by atoms with Crippen LogP contribution in [0.1, 0.15) is 5.56 Å². The molecule has 88 valence electrons. The van der Waals surface area contributed by atoms with Crippen LogP contribution in [0.25, 0.3) is 0 Å². The Morgan fingerprint density at radius 1 is 1.31 bits per heavy atom. The zero-order valence-corrected chi connectivity index (χ0v) is 9.98. The molecule has 0 saturated carbocycles. The van der Waals surface area contributed by atoms with Crippen LogP contribution in [0.5, 0.6) is 0 Å². The number of nitro benzene ring substituents is 1. The van der Waals surface area contributed by atoms with E-state index in [-0.39, 0.29) is 4.90 Å². The Hall–Kier alpha value is -1.47. The largest absolute Gasteiger partial charge is 0.289 e. The van der Waals surface area contributed by atoms with Gasteiger partial charge in [-0.15, -0.1) is 0 Å². The SMILES string of the molecule is Cc1ccc([N+](=O)[O-])c(S(=O)(=O)N(C)C)c1. The van der Waals surface area contributed by atoms with Crippen LogP contribution in [0.15, 0.2) is 23.1 Å². The van der Waals surface area contributed by atoms with E-state index in [1.165, 1.54) is 32.3 Å². The van der Waals surface area contributed by atoms with E-state index in [2.05, 4.69) is 0 Å². The molecule has 0 aliphatic rings. The van der Waals surface area contributed by atoms with Crippen LogP contribution < -0.4 is 0 Å². The monoisotopic (exact) mass is 244 g/mol. The van der Waals surface area contributed by atoms with E-state index in [1.54, 1.807) is 6.92 Å². The number of nitrogens with zero attached hydrogens (tertiary/aromatic N) is 2. The summed E-state index contributed by atoms with van der Waals surface area (Å²) in [4.78, 5) is 9.75. The van der Waals surface area contributed by atoms with Crippen molar-refractivity contribution < 1.29 is 13.3 Å². The fourth-order valence-electron chi connectivity index (χ4n) is 1.18. The molecule has 0 heterocycles. The third-order valence-electron chi connectivity index (χ3n) is 2.07. The van der Waals surface area contributed by atoms with E-state index in [1.807, 2.05) is 0 Å². The van der Waals surface area contributed by atoms with Crippen molar-refractivity contribution in [1.29, 1.82) is 0 Å². The van der Waals surface area contributed by atoms with Crippen molar-refractivity contribution in [2.75, 3.05) is 14.1 Å². The zero-order valence-electron chi connectivity index (χ0n) is 9.17. The lowest BCUT2D eigenvalue weighted by molar-refractivity contribution is -0.387. The van der Waals surface area contributed by atoms with Gasteiger partial charge in [-0.1, -0.05) is 6.07 Å². The van der Waals surface area contributed by atoms with Gasteiger partial charge in [0.1, 0.15) is 0 Å². The molecule has 0 unspecified atom stereocenters. The summed E-state index contributed by atoms with van der Waals surface area (Å²) in [7, 11) is -1.11. The van der Waals surface area contributed by atoms with E-state index in [9.17, 15) is 18.5 Å². The van der Waals surface area contributed by atoms with Gasteiger partial charge in [-0.2, -0.15) is 0 Å². The summed E-state index contributed by atoms with van der Waals surface area (Å²) in [6, 6.07) is 4.01. The maximum atomic E-state index is 11.8. The third-order valence-corrected chi connectivity index (χ3v) is 3.91. The van der Waals surface area contributed by atoms with Gasteiger partial charge >= 0.3 is 0 Å². The Morgan fingerprint density at radius 3 is 2.31 bits per heavy atom. The number of hydrogen-bond acceptors (Lipinski definition) is 4. The molecule has 0 aromatic heterocycles. The molecular weight excluding hydrogens is 232 g/mol. The average Bonchev–Trinajstić information content (AvgIpc) is 2.16. The first-order chi connectivity index (χ1) is 7.26. The van der Waals surface area contributed by atoms with Crippen molar-refractivity contribution in [3.8, 4) is 0 Å². The van der Waals surface area contributed by atoms with Gasteiger partial charge in [-0.3, -0.25) is 10.1 Å². The Kier molecular flexibility index (Phi) is 3.30. The number of nitro groups is 1. The predicted molar refractivity (Wildman–Crippen MR) is 58.7 cm³/mol. The Labute approximate surface area is 93.7 Å². The number of hydrogen-bond donors (Lipinski definition) is 0. The molecule has 0 radical (unpaired) electrons. The summed E-state index contributed by atoms with van der Waals surface area (Å²) in [6.07, 6.45) is 0. The van der Waals surface area contributed by atoms with E-state index < -0.39 is 20.6 Å². The van der Waals surface area contributed by atoms with Crippen molar-refractivity contribution in [3.63, 3.8) is 0 Å². The Balaban J connectivity index is 3.54. The molecule has 0 fully saturated rings. The molecule has 0 N–H and O–H groups in total. The minimum absolute atomic E-state index is 0.275. The maximum Gasteiger partial charge on any atom is 0.289 e. The van der Waals surface area contributed by atoms with Crippen LogP contribution in [-0.2, 0) is 10.0 Å². The molecule has 1 aromatic rings. The van der Waals surface area contributed by atoms with Gasteiger partial charge in [-0.05, 0) is 18.6 Å². The lowest BCUT2D eigenvalue weighted by Crippen LogP contribution is -2.23. The summed E-state index contributed by atoms with van der Waals surface area (Å²) in [5, 5.41) is 10.7. The van der Waals surface area contributed by atoms with Gasteiger partial charge in [-0.25, -0.2) is 12.7 Å². The smallest absolute Gasteiger partial charge is 0.258 e. The molecule has 0 aliphatic heterocycles. The van der Waals surface area contributed by atoms with Crippen molar-refractivity contribution >= 4 is 15.7 Å². The van der Waals surface area contributed by atoms with Crippen LogP contribution in [0, 0.1) is 17.0 Å². The Bertz CT molecular complexity index is 522. The van der Waals surface area contributed by atoms with Gasteiger partial charge in [0.2, 0.25) is 10.0 Å². The molecule has 16 heavy (non-hydrogen) atoms. The first kappa shape index (κ1) is 12.6. The highest BCUT2D eigenvalue weighted by molar-refractivity contribution is 7.89. The van der Waals surface area contributed by atoms with Crippen LogP contribution in [-0.4, -0.2) is 31.7 Å².